The van der Waals surface area contributed by atoms with Gasteiger partial charge in [-0.2, -0.15) is 0 Å². The molecule has 16 heavy (non-hydrogen) atoms. The summed E-state index contributed by atoms with van der Waals surface area (Å²) < 4.78 is 63.5. The third-order valence-electron chi connectivity index (χ3n) is 2.15. The molecule has 2 rings (SSSR count). The molecule has 1 heteroatoms. The van der Waals surface area contributed by atoms with Gasteiger partial charge < -0.3 is 0 Å². The van der Waals surface area contributed by atoms with Crippen molar-refractivity contribution in [3.63, 3.8) is 0 Å². The minimum Gasteiger partial charge on any atom is -0.264 e. The lowest BCUT2D eigenvalue weighted by molar-refractivity contribution is 0.591. The monoisotopic (exact) mass is 219 g/mol. The molecule has 0 bridgehead atoms. The maximum Gasteiger partial charge on any atom is 0.0847 e. The largest absolute Gasteiger partial charge is 0.264 e. The van der Waals surface area contributed by atoms with E-state index in [1.165, 1.54) is 0 Å². The van der Waals surface area contributed by atoms with Crippen LogP contribution in [-0.2, 0) is 5.41 Å². The molecule has 1 aromatic heterocycles. The Hall–Kier alpha value is -1.63. The number of hydrogen-bond acceptors (Lipinski definition) is 1. The molecule has 0 spiro atoms. The number of aromatic nitrogens is 1. The average Bonchev–Trinajstić information content (AvgIpc) is 2.47. The van der Waals surface area contributed by atoms with Crippen LogP contribution in [0.4, 0.5) is 0 Å². The predicted molar refractivity (Wildman–Crippen MR) is 68.4 cm³/mol. The fourth-order valence-electron chi connectivity index (χ4n) is 1.40. The molecule has 1 aromatic carbocycles. The summed E-state index contributed by atoms with van der Waals surface area (Å²) in [5.74, 6) is 0. The molecule has 82 valence electrons. The van der Waals surface area contributed by atoms with Crippen molar-refractivity contribution in [3.05, 3.63) is 54.2 Å². The van der Waals surface area contributed by atoms with E-state index in [0.717, 1.165) is 0 Å². The normalized spacial score (nSPS) is 18.4. The summed E-state index contributed by atoms with van der Waals surface area (Å²) in [4.78, 5) is 3.70. The van der Waals surface area contributed by atoms with Crippen LogP contribution in [-0.4, -0.2) is 4.98 Å². The molecular weight excluding hydrogens is 194 g/mol. The summed E-state index contributed by atoms with van der Waals surface area (Å²) >= 11 is 0. The molecule has 0 aliphatic heterocycles. The molecule has 0 unspecified atom stereocenters. The summed E-state index contributed by atoms with van der Waals surface area (Å²) in [7, 11) is 0. The van der Waals surface area contributed by atoms with Crippen molar-refractivity contribution in [2.24, 2.45) is 0 Å². The molecule has 2 aromatic rings. The average molecular weight is 219 g/mol. The third kappa shape index (κ3) is 2.13. The molecular formula is C15H17N. The van der Waals surface area contributed by atoms with Crippen LogP contribution in [0, 0.1) is 0 Å². The molecule has 0 atom stereocenters. The van der Waals surface area contributed by atoms with Crippen LogP contribution in [0.3, 0.4) is 0 Å². The molecule has 1 nitrogen and oxygen atoms in total. The zero-order valence-electron chi connectivity index (χ0n) is 17.4. The number of rotatable bonds is 1. The highest BCUT2D eigenvalue weighted by Crippen LogP contribution is 2.31. The van der Waals surface area contributed by atoms with Crippen molar-refractivity contribution in [2.45, 2.75) is 26.2 Å². The zero-order valence-corrected chi connectivity index (χ0v) is 9.45. The van der Waals surface area contributed by atoms with Crippen molar-refractivity contribution < 1.29 is 11.0 Å². The minimum atomic E-state index is -0.677. The fraction of sp³-hybridized carbons (Fsp3) is 0.267. The second kappa shape index (κ2) is 4.09. The van der Waals surface area contributed by atoms with Gasteiger partial charge in [0.2, 0.25) is 0 Å². The Morgan fingerprint density at radius 3 is 2.38 bits per heavy atom. The first-order chi connectivity index (χ1) is 10.9. The number of nitrogens with zero attached hydrogens (tertiary/aromatic N) is 1. The van der Waals surface area contributed by atoms with Crippen LogP contribution in [0.25, 0.3) is 11.1 Å². The molecule has 0 fully saturated rings. The first-order valence-corrected chi connectivity index (χ1v) is 4.95. The van der Waals surface area contributed by atoms with Crippen molar-refractivity contribution in [3.8, 4) is 11.1 Å². The van der Waals surface area contributed by atoms with E-state index in [1.807, 2.05) is 0 Å². The Kier molecular flexibility index (Phi) is 1.20. The van der Waals surface area contributed by atoms with Gasteiger partial charge in [0.25, 0.3) is 0 Å². The first-order valence-electron chi connectivity index (χ1n) is 8.95. The number of pyridine rings is 1. The molecule has 0 aliphatic rings. The Balaban J connectivity index is 3.08. The van der Waals surface area contributed by atoms with Crippen LogP contribution in [0.15, 0.2) is 48.6 Å². The Bertz CT molecular complexity index is 810. The lowest BCUT2D eigenvalue weighted by Gasteiger charge is -2.22. The summed E-state index contributed by atoms with van der Waals surface area (Å²) in [6.45, 7) is 5.33. The van der Waals surface area contributed by atoms with E-state index in [2.05, 4.69) is 4.98 Å². The Labute approximate surface area is 108 Å². The quantitative estimate of drug-likeness (QED) is 0.705. The van der Waals surface area contributed by atoms with Gasteiger partial charge in [-0.3, -0.25) is 4.98 Å². The molecule has 0 saturated heterocycles. The van der Waals surface area contributed by atoms with Crippen LogP contribution < -0.4 is 0 Å². The first kappa shape index (κ1) is 4.70. The molecule has 0 amide bonds. The highest BCUT2D eigenvalue weighted by molar-refractivity contribution is 5.67. The lowest BCUT2D eigenvalue weighted by atomic mass is 9.83. The van der Waals surface area contributed by atoms with Crippen molar-refractivity contribution in [1.29, 1.82) is 0 Å². The van der Waals surface area contributed by atoms with Gasteiger partial charge in [0, 0.05) is 17.9 Å². The molecule has 0 saturated carbocycles. The number of hydrogen-bond donors (Lipinski definition) is 0. The van der Waals surface area contributed by atoms with E-state index >= 15 is 0 Å². The van der Waals surface area contributed by atoms with Gasteiger partial charge in [-0.05, 0) is 22.6 Å². The Morgan fingerprint density at radius 2 is 1.75 bits per heavy atom. The zero-order chi connectivity index (χ0) is 18.6. The predicted octanol–water partition coefficient (Wildman–Crippen LogP) is 4.05. The van der Waals surface area contributed by atoms with Gasteiger partial charge in [-0.1, -0.05) is 51.0 Å². The third-order valence-corrected chi connectivity index (χ3v) is 2.15. The van der Waals surface area contributed by atoms with E-state index in [-0.39, 0.29) is 35.1 Å². The van der Waals surface area contributed by atoms with Crippen molar-refractivity contribution in [2.75, 3.05) is 0 Å². The second-order valence-electron chi connectivity index (χ2n) is 4.46. The van der Waals surface area contributed by atoms with Gasteiger partial charge in [0.15, 0.2) is 0 Å². The van der Waals surface area contributed by atoms with E-state index in [1.54, 1.807) is 20.8 Å². The molecule has 0 N–H and O–H groups in total. The van der Waals surface area contributed by atoms with Gasteiger partial charge in [-0.15, -0.1) is 0 Å². The standard InChI is InChI=1S/C15H17N/c1-15(2,3)14-9-10-16-11-13(14)12-7-5-4-6-8-12/h4-11H,1-3H3/i4D,5D,6D,7D,8D,9D,10D,11D. The molecule has 0 aliphatic carbocycles. The van der Waals surface area contributed by atoms with Gasteiger partial charge >= 0.3 is 0 Å². The van der Waals surface area contributed by atoms with Crippen LogP contribution in [0.2, 0.25) is 0 Å². The SMILES string of the molecule is [2H]c1nc([2H])c(-c2c([2H])c([2H])c([2H])c([2H])c2[2H])c(C(C)(C)C)c1[2H]. The highest BCUT2D eigenvalue weighted by Gasteiger charge is 2.18. The van der Waals surface area contributed by atoms with Crippen LogP contribution >= 0.6 is 0 Å². The van der Waals surface area contributed by atoms with E-state index in [0.29, 0.717) is 0 Å². The van der Waals surface area contributed by atoms with Crippen LogP contribution in [0.5, 0.6) is 0 Å². The van der Waals surface area contributed by atoms with E-state index in [9.17, 15) is 0 Å². The van der Waals surface area contributed by atoms with Crippen LogP contribution in [0.1, 0.15) is 37.3 Å². The summed E-state index contributed by atoms with van der Waals surface area (Å²) in [5.41, 5.74) is -0.549. The maximum atomic E-state index is 8.14. The maximum absolute atomic E-state index is 8.14. The van der Waals surface area contributed by atoms with E-state index < -0.39 is 35.6 Å². The van der Waals surface area contributed by atoms with Crippen molar-refractivity contribution >= 4 is 0 Å². The van der Waals surface area contributed by atoms with Gasteiger partial charge in [0.1, 0.15) is 0 Å². The molecule has 0 radical (unpaired) electrons. The smallest absolute Gasteiger partial charge is 0.0847 e. The second-order valence-corrected chi connectivity index (χ2v) is 4.46. The minimum absolute atomic E-state index is 0.0144. The van der Waals surface area contributed by atoms with Gasteiger partial charge in [0.05, 0.1) is 11.0 Å². The fourth-order valence-corrected chi connectivity index (χ4v) is 1.40. The topological polar surface area (TPSA) is 12.9 Å². The summed E-state index contributed by atoms with van der Waals surface area (Å²) in [6, 6.07) is -2.63. The van der Waals surface area contributed by atoms with E-state index in [4.69, 9.17) is 11.0 Å². The summed E-state index contributed by atoms with van der Waals surface area (Å²) in [6.07, 6.45) is -0.750. The summed E-state index contributed by atoms with van der Waals surface area (Å²) in [5, 5.41) is 0. The molecule has 1 heterocycles. The number of benzene rings is 1. The van der Waals surface area contributed by atoms with Crippen molar-refractivity contribution in [1.82, 2.24) is 4.98 Å². The van der Waals surface area contributed by atoms with Gasteiger partial charge in [-0.25, -0.2) is 0 Å². The Morgan fingerprint density at radius 1 is 1.06 bits per heavy atom. The lowest BCUT2D eigenvalue weighted by Crippen LogP contribution is -2.12. The highest BCUT2D eigenvalue weighted by atomic mass is 14.6.